The molecule has 1 aromatic heterocycles. The molecular formula is C18H24N4O3S. The summed E-state index contributed by atoms with van der Waals surface area (Å²) in [6, 6.07) is 11.9. The maximum Gasteiger partial charge on any atom is 0.279 e. The van der Waals surface area contributed by atoms with Crippen LogP contribution in [0.1, 0.15) is 24.2 Å². The molecule has 2 fully saturated rings. The van der Waals surface area contributed by atoms with Gasteiger partial charge in [0.2, 0.25) is 0 Å². The van der Waals surface area contributed by atoms with E-state index in [1.165, 1.54) is 9.87 Å². The lowest BCUT2D eigenvalue weighted by Crippen LogP contribution is -2.52. The van der Waals surface area contributed by atoms with Crippen molar-refractivity contribution in [2.45, 2.75) is 25.8 Å². The summed E-state index contributed by atoms with van der Waals surface area (Å²) in [5, 5.41) is 4.01. The number of aromatic nitrogens is 1. The van der Waals surface area contributed by atoms with Crippen LogP contribution in [0.5, 0.6) is 0 Å². The van der Waals surface area contributed by atoms with E-state index in [4.69, 9.17) is 4.52 Å². The number of hydrogen-bond donors (Lipinski definition) is 1. The van der Waals surface area contributed by atoms with E-state index < -0.39 is 10.2 Å². The fraction of sp³-hybridized carbons (Fsp3) is 0.500. The molecule has 7 nitrogen and oxygen atoms in total. The van der Waals surface area contributed by atoms with Crippen molar-refractivity contribution in [3.05, 3.63) is 47.7 Å². The Kier molecular flexibility index (Phi) is 4.50. The third-order valence-corrected chi connectivity index (χ3v) is 6.98. The van der Waals surface area contributed by atoms with Gasteiger partial charge in [0.15, 0.2) is 5.82 Å². The molecule has 4 rings (SSSR count). The summed E-state index contributed by atoms with van der Waals surface area (Å²) in [6.45, 7) is 6.04. The van der Waals surface area contributed by atoms with Crippen LogP contribution < -0.4 is 9.62 Å². The smallest absolute Gasteiger partial charge is 0.279 e. The van der Waals surface area contributed by atoms with Gasteiger partial charge in [-0.05, 0) is 18.4 Å². The number of piperazine rings is 1. The first-order chi connectivity index (χ1) is 12.5. The summed E-state index contributed by atoms with van der Waals surface area (Å²) in [7, 11) is -3.48. The van der Waals surface area contributed by atoms with Crippen molar-refractivity contribution in [2.24, 2.45) is 5.92 Å². The predicted molar refractivity (Wildman–Crippen MR) is 99.2 cm³/mol. The molecule has 1 saturated carbocycles. The van der Waals surface area contributed by atoms with E-state index in [0.29, 0.717) is 32.1 Å². The number of rotatable bonds is 5. The van der Waals surface area contributed by atoms with E-state index in [1.807, 2.05) is 31.2 Å². The summed E-state index contributed by atoms with van der Waals surface area (Å²) in [4.78, 5) is 2.05. The maximum absolute atomic E-state index is 12.8. The van der Waals surface area contributed by atoms with Gasteiger partial charge in [0.05, 0.1) is 0 Å². The number of benzene rings is 1. The molecule has 8 heteroatoms. The van der Waals surface area contributed by atoms with Gasteiger partial charge in [-0.15, -0.1) is 0 Å². The molecule has 1 aliphatic heterocycles. The van der Waals surface area contributed by atoms with Crippen LogP contribution in [-0.4, -0.2) is 50.1 Å². The maximum atomic E-state index is 12.8. The highest BCUT2D eigenvalue weighted by Gasteiger charge is 2.50. The Balaban J connectivity index is 1.36. The zero-order valence-corrected chi connectivity index (χ0v) is 15.8. The highest BCUT2D eigenvalue weighted by molar-refractivity contribution is 7.87. The van der Waals surface area contributed by atoms with Gasteiger partial charge in [0.1, 0.15) is 5.76 Å². The van der Waals surface area contributed by atoms with Crippen molar-refractivity contribution in [1.29, 1.82) is 0 Å². The standard InChI is InChI=1S/C18H24N4O3S/c1-13-12-16(19-25-13)21-8-10-22(11-9-21)26(23,24)20-18-14(2)17(18)15-6-4-3-5-7-15/h3-7,12,14,17-18,20H,8-11H2,1-2H3/t14-,17-,18+/m1/s1. The van der Waals surface area contributed by atoms with Gasteiger partial charge in [-0.1, -0.05) is 42.4 Å². The van der Waals surface area contributed by atoms with Crippen LogP contribution in [-0.2, 0) is 10.2 Å². The monoisotopic (exact) mass is 376 g/mol. The van der Waals surface area contributed by atoms with Gasteiger partial charge in [0.25, 0.3) is 10.2 Å². The Labute approximate surface area is 154 Å². The summed E-state index contributed by atoms with van der Waals surface area (Å²) < 4.78 is 35.1. The topological polar surface area (TPSA) is 78.7 Å². The van der Waals surface area contributed by atoms with Crippen LogP contribution in [0.2, 0.25) is 0 Å². The highest BCUT2D eigenvalue weighted by atomic mass is 32.2. The van der Waals surface area contributed by atoms with Crippen molar-refractivity contribution < 1.29 is 12.9 Å². The van der Waals surface area contributed by atoms with Gasteiger partial charge >= 0.3 is 0 Å². The zero-order valence-electron chi connectivity index (χ0n) is 15.0. The first-order valence-corrected chi connectivity index (χ1v) is 10.4. The van der Waals surface area contributed by atoms with E-state index in [-0.39, 0.29) is 12.0 Å². The summed E-state index contributed by atoms with van der Waals surface area (Å²) >= 11 is 0. The minimum Gasteiger partial charge on any atom is -0.360 e. The third-order valence-electron chi connectivity index (χ3n) is 5.37. The molecule has 1 aliphatic carbocycles. The van der Waals surface area contributed by atoms with Crippen LogP contribution in [0.15, 0.2) is 40.9 Å². The average Bonchev–Trinajstić information content (AvgIpc) is 3.04. The van der Waals surface area contributed by atoms with Gasteiger partial charge < -0.3 is 9.42 Å². The van der Waals surface area contributed by atoms with Crippen LogP contribution in [0, 0.1) is 12.8 Å². The van der Waals surface area contributed by atoms with E-state index in [9.17, 15) is 8.42 Å². The fourth-order valence-corrected chi connectivity index (χ4v) is 5.23. The molecule has 1 saturated heterocycles. The summed E-state index contributed by atoms with van der Waals surface area (Å²) in [5.74, 6) is 2.09. The van der Waals surface area contributed by atoms with Crippen molar-refractivity contribution in [1.82, 2.24) is 14.2 Å². The molecule has 26 heavy (non-hydrogen) atoms. The lowest BCUT2D eigenvalue weighted by atomic mass is 10.1. The second-order valence-corrected chi connectivity index (χ2v) is 8.83. The van der Waals surface area contributed by atoms with Gasteiger partial charge in [-0.2, -0.15) is 17.4 Å². The van der Waals surface area contributed by atoms with E-state index in [1.54, 1.807) is 0 Å². The molecule has 2 aromatic rings. The van der Waals surface area contributed by atoms with Crippen LogP contribution in [0.3, 0.4) is 0 Å². The minimum atomic E-state index is -3.48. The highest BCUT2D eigenvalue weighted by Crippen LogP contribution is 2.47. The predicted octanol–water partition coefficient (Wildman–Crippen LogP) is 1.74. The molecule has 0 bridgehead atoms. The molecule has 1 N–H and O–H groups in total. The van der Waals surface area contributed by atoms with Crippen molar-refractivity contribution >= 4 is 16.0 Å². The van der Waals surface area contributed by atoms with Crippen LogP contribution in [0.4, 0.5) is 5.82 Å². The van der Waals surface area contributed by atoms with Gasteiger partial charge in [-0.25, -0.2) is 0 Å². The Morgan fingerprint density at radius 1 is 1.15 bits per heavy atom. The van der Waals surface area contributed by atoms with Crippen LogP contribution >= 0.6 is 0 Å². The first kappa shape index (κ1) is 17.5. The van der Waals surface area contributed by atoms with Gasteiger partial charge in [0, 0.05) is 44.2 Å². The minimum absolute atomic E-state index is 0.0291. The molecule has 3 atom stereocenters. The van der Waals surface area contributed by atoms with E-state index in [2.05, 4.69) is 33.8 Å². The summed E-state index contributed by atoms with van der Waals surface area (Å²) in [6.07, 6.45) is 0. The summed E-state index contributed by atoms with van der Waals surface area (Å²) in [5.41, 5.74) is 1.19. The first-order valence-electron chi connectivity index (χ1n) is 8.96. The molecule has 0 radical (unpaired) electrons. The third kappa shape index (κ3) is 3.36. The van der Waals surface area contributed by atoms with Crippen LogP contribution in [0.25, 0.3) is 0 Å². The lowest BCUT2D eigenvalue weighted by Gasteiger charge is -2.33. The fourth-order valence-electron chi connectivity index (χ4n) is 3.74. The number of aryl methyl sites for hydroxylation is 1. The second kappa shape index (κ2) is 6.68. The largest absolute Gasteiger partial charge is 0.360 e. The molecular weight excluding hydrogens is 352 g/mol. The van der Waals surface area contributed by atoms with Crippen molar-refractivity contribution in [3.8, 4) is 0 Å². The number of nitrogens with zero attached hydrogens (tertiary/aromatic N) is 3. The van der Waals surface area contributed by atoms with Gasteiger partial charge in [-0.3, -0.25) is 0 Å². The Hall–Kier alpha value is -1.90. The molecule has 2 heterocycles. The molecule has 2 aliphatic rings. The molecule has 0 spiro atoms. The Morgan fingerprint density at radius 3 is 2.46 bits per heavy atom. The molecule has 0 unspecified atom stereocenters. The number of hydrogen-bond acceptors (Lipinski definition) is 5. The zero-order chi connectivity index (χ0) is 18.3. The average molecular weight is 376 g/mol. The van der Waals surface area contributed by atoms with E-state index in [0.717, 1.165) is 11.6 Å². The van der Waals surface area contributed by atoms with E-state index >= 15 is 0 Å². The number of nitrogens with one attached hydrogen (secondary N) is 1. The molecule has 140 valence electrons. The Bertz CT molecular complexity index is 860. The normalized spacial score (nSPS) is 26.8. The SMILES string of the molecule is Cc1cc(N2CCN(S(=O)(=O)N[C@H]3[C@H](C)[C@@H]3c3ccccc3)CC2)no1. The Morgan fingerprint density at radius 2 is 1.85 bits per heavy atom. The van der Waals surface area contributed by atoms with Crippen molar-refractivity contribution in [2.75, 3.05) is 31.1 Å². The lowest BCUT2D eigenvalue weighted by molar-refractivity contribution is 0.366. The molecule has 1 aromatic carbocycles. The quantitative estimate of drug-likeness (QED) is 0.860. The second-order valence-electron chi connectivity index (χ2n) is 7.13. The van der Waals surface area contributed by atoms with Crippen molar-refractivity contribution in [3.63, 3.8) is 0 Å². The number of anilines is 1. The molecule has 0 amide bonds.